The quantitative estimate of drug-likeness (QED) is 0.576. The van der Waals surface area contributed by atoms with Gasteiger partial charge in [-0.1, -0.05) is 6.58 Å². The van der Waals surface area contributed by atoms with Gasteiger partial charge in [0.05, 0.1) is 0 Å². The first-order chi connectivity index (χ1) is 4.02. The molecule has 0 amide bonds. The second-order valence-electron chi connectivity index (χ2n) is 1.72. The monoisotopic (exact) mass is 151 g/mol. The first-order valence-corrected chi connectivity index (χ1v) is 4.69. The summed E-state index contributed by atoms with van der Waals surface area (Å²) >= 11 is 0. The summed E-state index contributed by atoms with van der Waals surface area (Å²) in [5.74, 6) is 0. The smallest absolute Gasteiger partial charge is 0.306 e. The Bertz CT molecular complexity index is 142. The molecule has 0 aliphatic carbocycles. The number of rotatable bonds is 3. The van der Waals surface area contributed by atoms with Crippen LogP contribution in [0.3, 0.4) is 0 Å². The molecule has 0 bridgehead atoms. The third-order valence-electron chi connectivity index (χ3n) is 0.994. The number of hydrogen-bond acceptors (Lipinski definition) is 1. The Morgan fingerprint density at radius 1 is 1.89 bits per heavy atom. The normalized spacial score (nSPS) is 16.3. The average molecular weight is 151 g/mol. The number of halogens is 1. The highest BCUT2D eigenvalue weighted by molar-refractivity contribution is 7.55. The summed E-state index contributed by atoms with van der Waals surface area (Å²) in [5.41, 5.74) is 0. The van der Waals surface area contributed by atoms with Gasteiger partial charge in [0, 0.05) is 19.4 Å². The van der Waals surface area contributed by atoms with Crippen molar-refractivity contribution in [2.24, 2.45) is 0 Å². The van der Waals surface area contributed by atoms with Crippen molar-refractivity contribution in [1.29, 1.82) is 0 Å². The Morgan fingerprint density at radius 2 is 2.33 bits per heavy atom. The molecule has 4 heteroatoms. The maximum atomic E-state index is 12.5. The fourth-order valence-corrected chi connectivity index (χ4v) is 1.32. The average Bonchev–Trinajstić information content (AvgIpc) is 1.65. The Labute approximate surface area is 54.9 Å². The predicted molar refractivity (Wildman–Crippen MR) is 37.2 cm³/mol. The highest BCUT2D eigenvalue weighted by Crippen LogP contribution is 2.46. The molecular weight excluding hydrogens is 140 g/mol. The van der Waals surface area contributed by atoms with E-state index in [1.807, 2.05) is 0 Å². The summed E-state index contributed by atoms with van der Waals surface area (Å²) in [6.45, 7) is 6.50. The van der Waals surface area contributed by atoms with E-state index in [0.29, 0.717) is 6.54 Å². The summed E-state index contributed by atoms with van der Waals surface area (Å²) in [6.07, 6.45) is 1.25. The van der Waals surface area contributed by atoms with Gasteiger partial charge in [0.25, 0.3) is 0 Å². The molecule has 0 heterocycles. The molecule has 54 valence electrons. The van der Waals surface area contributed by atoms with E-state index in [4.69, 9.17) is 0 Å². The van der Waals surface area contributed by atoms with Crippen molar-refractivity contribution in [3.63, 3.8) is 0 Å². The van der Waals surface area contributed by atoms with Gasteiger partial charge >= 0.3 is 7.60 Å². The van der Waals surface area contributed by atoms with Crippen LogP contribution in [0.25, 0.3) is 0 Å². The lowest BCUT2D eigenvalue weighted by Gasteiger charge is -2.17. The zero-order valence-corrected chi connectivity index (χ0v) is 6.57. The number of nitrogens with zero attached hydrogens (tertiary/aromatic N) is 1. The van der Waals surface area contributed by atoms with Crippen LogP contribution in [0.2, 0.25) is 0 Å². The van der Waals surface area contributed by atoms with Crippen LogP contribution in [-0.4, -0.2) is 17.9 Å². The molecule has 0 aromatic rings. The van der Waals surface area contributed by atoms with Crippen molar-refractivity contribution in [3.05, 3.63) is 12.8 Å². The Morgan fingerprint density at radius 3 is 2.33 bits per heavy atom. The van der Waals surface area contributed by atoms with Crippen LogP contribution in [0.5, 0.6) is 0 Å². The van der Waals surface area contributed by atoms with Crippen molar-refractivity contribution in [2.45, 2.75) is 6.92 Å². The predicted octanol–water partition coefficient (Wildman–Crippen LogP) is 2.24. The molecule has 0 aromatic carbocycles. The van der Waals surface area contributed by atoms with Gasteiger partial charge in [0.2, 0.25) is 0 Å². The van der Waals surface area contributed by atoms with Gasteiger partial charge in [-0.15, -0.1) is 0 Å². The van der Waals surface area contributed by atoms with Crippen LogP contribution in [0.15, 0.2) is 12.8 Å². The van der Waals surface area contributed by atoms with E-state index >= 15 is 0 Å². The molecule has 0 N–H and O–H groups in total. The summed E-state index contributed by atoms with van der Waals surface area (Å²) in [7, 11) is -3.56. The first-order valence-electron chi connectivity index (χ1n) is 2.69. The topological polar surface area (TPSA) is 20.3 Å². The largest absolute Gasteiger partial charge is 0.330 e. The molecule has 0 saturated heterocycles. The summed E-state index contributed by atoms with van der Waals surface area (Å²) < 4.78 is 24.1. The van der Waals surface area contributed by atoms with E-state index in [1.54, 1.807) is 6.92 Å². The molecule has 0 fully saturated rings. The molecule has 0 saturated carbocycles. The molecule has 0 aromatic heterocycles. The zero-order chi connectivity index (χ0) is 7.49. The standard InChI is InChI=1S/C5H11FNOP/c1-4-7(5-2)9(3,6)8/h4H,1,5H2,2-3H3. The van der Waals surface area contributed by atoms with Gasteiger partial charge in [-0.25, -0.2) is 0 Å². The lowest BCUT2D eigenvalue weighted by atomic mass is 10.7. The SMILES string of the molecule is C=CN(CC)P(C)(=O)F. The maximum absolute atomic E-state index is 12.5. The van der Waals surface area contributed by atoms with Gasteiger partial charge in [-0.2, -0.15) is 4.20 Å². The van der Waals surface area contributed by atoms with E-state index in [0.717, 1.165) is 11.3 Å². The highest BCUT2D eigenvalue weighted by atomic mass is 31.2. The summed E-state index contributed by atoms with van der Waals surface area (Å²) in [6, 6.07) is 0. The highest BCUT2D eigenvalue weighted by Gasteiger charge is 2.17. The van der Waals surface area contributed by atoms with Crippen LogP contribution in [0.4, 0.5) is 4.20 Å². The van der Waals surface area contributed by atoms with Gasteiger partial charge in [-0.3, -0.25) is 4.57 Å². The Kier molecular flexibility index (Phi) is 2.92. The van der Waals surface area contributed by atoms with Crippen molar-refractivity contribution >= 4 is 7.60 Å². The minimum absolute atomic E-state index is 0.397. The fourth-order valence-electron chi connectivity index (χ4n) is 0.528. The molecule has 1 unspecified atom stereocenters. The van der Waals surface area contributed by atoms with E-state index < -0.39 is 7.60 Å². The lowest BCUT2D eigenvalue weighted by Crippen LogP contribution is -2.08. The molecule has 0 spiro atoms. The van der Waals surface area contributed by atoms with Crippen molar-refractivity contribution in [3.8, 4) is 0 Å². The molecule has 0 aliphatic rings. The van der Waals surface area contributed by atoms with Gasteiger partial charge in [-0.05, 0) is 6.92 Å². The maximum Gasteiger partial charge on any atom is 0.330 e. The molecule has 0 radical (unpaired) electrons. The summed E-state index contributed by atoms with van der Waals surface area (Å²) in [5, 5.41) is 0. The van der Waals surface area contributed by atoms with Crippen molar-refractivity contribution in [2.75, 3.05) is 13.2 Å². The molecule has 0 rings (SSSR count). The van der Waals surface area contributed by atoms with Gasteiger partial charge in [0.1, 0.15) is 0 Å². The third-order valence-corrected chi connectivity index (χ3v) is 2.36. The summed E-state index contributed by atoms with van der Waals surface area (Å²) in [4.78, 5) is 0. The minimum atomic E-state index is -3.56. The molecule has 1 atom stereocenters. The van der Waals surface area contributed by atoms with Gasteiger partial charge < -0.3 is 4.67 Å². The van der Waals surface area contributed by atoms with E-state index in [2.05, 4.69) is 6.58 Å². The molecular formula is C5H11FNOP. The van der Waals surface area contributed by atoms with E-state index in [9.17, 15) is 8.76 Å². The van der Waals surface area contributed by atoms with E-state index in [-0.39, 0.29) is 0 Å². The Hall–Kier alpha value is -0.300. The second kappa shape index (κ2) is 3.02. The van der Waals surface area contributed by atoms with Crippen LogP contribution >= 0.6 is 7.60 Å². The number of hydrogen-bond donors (Lipinski definition) is 0. The van der Waals surface area contributed by atoms with Crippen LogP contribution in [0.1, 0.15) is 6.92 Å². The minimum Gasteiger partial charge on any atom is -0.306 e. The van der Waals surface area contributed by atoms with Crippen LogP contribution < -0.4 is 0 Å². The first kappa shape index (κ1) is 8.70. The van der Waals surface area contributed by atoms with Crippen LogP contribution in [-0.2, 0) is 4.57 Å². The van der Waals surface area contributed by atoms with E-state index in [1.165, 1.54) is 6.20 Å². The fraction of sp³-hybridized carbons (Fsp3) is 0.600. The van der Waals surface area contributed by atoms with Gasteiger partial charge in [0.15, 0.2) is 0 Å². The second-order valence-corrected chi connectivity index (χ2v) is 3.79. The Balaban J connectivity index is 4.12. The molecule has 0 aliphatic heterocycles. The third kappa shape index (κ3) is 2.66. The molecule has 9 heavy (non-hydrogen) atoms. The van der Waals surface area contributed by atoms with Crippen LogP contribution in [0, 0.1) is 0 Å². The van der Waals surface area contributed by atoms with Crippen molar-refractivity contribution in [1.82, 2.24) is 4.67 Å². The molecule has 2 nitrogen and oxygen atoms in total. The lowest BCUT2D eigenvalue weighted by molar-refractivity contribution is 0.470. The zero-order valence-electron chi connectivity index (χ0n) is 5.67. The van der Waals surface area contributed by atoms with Crippen molar-refractivity contribution < 1.29 is 8.76 Å².